The van der Waals surface area contributed by atoms with Gasteiger partial charge in [-0.25, -0.2) is 4.79 Å². The Labute approximate surface area is 99.4 Å². The van der Waals surface area contributed by atoms with Gasteiger partial charge in [0.05, 0.1) is 11.6 Å². The number of hydrogen-bond acceptors (Lipinski definition) is 3. The number of carboxylic acids is 1. The Morgan fingerprint density at radius 1 is 1.47 bits per heavy atom. The molecule has 0 aliphatic carbocycles. The maximum absolute atomic E-state index is 10.7. The maximum Gasteiger partial charge on any atom is 0.335 e. The van der Waals surface area contributed by atoms with Gasteiger partial charge in [-0.05, 0) is 31.2 Å². The Bertz CT molecular complexity index is 511. The molecule has 1 unspecified atom stereocenters. The van der Waals surface area contributed by atoms with Crippen molar-refractivity contribution < 1.29 is 9.90 Å². The van der Waals surface area contributed by atoms with Gasteiger partial charge in [0, 0.05) is 29.9 Å². The van der Waals surface area contributed by atoms with E-state index in [1.807, 2.05) is 18.0 Å². The highest BCUT2D eigenvalue weighted by atomic mass is 16.4. The number of nitriles is 1. The Hall–Kier alpha value is -2.28. The zero-order chi connectivity index (χ0) is 12.4. The van der Waals surface area contributed by atoms with E-state index in [2.05, 4.69) is 6.07 Å². The zero-order valence-electron chi connectivity index (χ0n) is 9.42. The van der Waals surface area contributed by atoms with Crippen LogP contribution >= 0.6 is 0 Å². The van der Waals surface area contributed by atoms with Crippen molar-refractivity contribution in [3.05, 3.63) is 41.6 Å². The molecule has 1 atom stereocenters. The molecule has 0 saturated carbocycles. The monoisotopic (exact) mass is 228 g/mol. The summed E-state index contributed by atoms with van der Waals surface area (Å²) in [6.07, 6.45) is 2.55. The van der Waals surface area contributed by atoms with Crippen molar-refractivity contribution in [2.24, 2.45) is 0 Å². The molecule has 0 saturated heterocycles. The minimum absolute atomic E-state index is 0.236. The standard InChI is InChI=1S/C13H12N2O2/c1-9-6-10(7-14)8-15(9)12-4-2-11(3-5-12)13(16)17/h2-5,8-9H,6H2,1H3,(H,16,17). The maximum atomic E-state index is 10.7. The molecule has 0 spiro atoms. The van der Waals surface area contributed by atoms with Gasteiger partial charge in [0.15, 0.2) is 0 Å². The van der Waals surface area contributed by atoms with Gasteiger partial charge < -0.3 is 10.0 Å². The number of rotatable bonds is 2. The van der Waals surface area contributed by atoms with Gasteiger partial charge in [0.1, 0.15) is 0 Å². The highest BCUT2D eigenvalue weighted by Crippen LogP contribution is 2.27. The second-order valence-corrected chi connectivity index (χ2v) is 4.08. The number of carboxylic acid groups (broad SMARTS) is 1. The van der Waals surface area contributed by atoms with Crippen molar-refractivity contribution in [1.29, 1.82) is 5.26 Å². The third-order valence-corrected chi connectivity index (χ3v) is 2.84. The molecule has 1 aliphatic rings. The van der Waals surface area contributed by atoms with Crippen LogP contribution in [0.25, 0.3) is 0 Å². The first kappa shape index (κ1) is 11.2. The molecule has 4 heteroatoms. The van der Waals surface area contributed by atoms with Gasteiger partial charge in [0.25, 0.3) is 0 Å². The molecule has 86 valence electrons. The van der Waals surface area contributed by atoms with E-state index in [4.69, 9.17) is 10.4 Å². The summed E-state index contributed by atoms with van der Waals surface area (Å²) >= 11 is 0. The van der Waals surface area contributed by atoms with Crippen molar-refractivity contribution >= 4 is 11.7 Å². The highest BCUT2D eigenvalue weighted by Gasteiger charge is 2.21. The van der Waals surface area contributed by atoms with Crippen LogP contribution in [0.4, 0.5) is 5.69 Å². The van der Waals surface area contributed by atoms with Crippen LogP contribution in [0.3, 0.4) is 0 Å². The quantitative estimate of drug-likeness (QED) is 0.844. The fraction of sp³-hybridized carbons (Fsp3) is 0.231. The summed E-state index contributed by atoms with van der Waals surface area (Å²) in [6.45, 7) is 2.03. The Balaban J connectivity index is 2.27. The minimum Gasteiger partial charge on any atom is -0.478 e. The summed E-state index contributed by atoms with van der Waals surface area (Å²) in [7, 11) is 0. The lowest BCUT2D eigenvalue weighted by Crippen LogP contribution is -2.22. The molecule has 4 nitrogen and oxygen atoms in total. The fourth-order valence-electron chi connectivity index (χ4n) is 1.94. The molecular weight excluding hydrogens is 216 g/mol. The van der Waals surface area contributed by atoms with Gasteiger partial charge >= 0.3 is 5.97 Å². The second-order valence-electron chi connectivity index (χ2n) is 4.08. The molecule has 1 aromatic rings. The van der Waals surface area contributed by atoms with Crippen LogP contribution in [0, 0.1) is 11.3 Å². The predicted octanol–water partition coefficient (Wildman–Crippen LogP) is 2.39. The van der Waals surface area contributed by atoms with Crippen molar-refractivity contribution in [3.8, 4) is 6.07 Å². The molecule has 2 rings (SSSR count). The first-order valence-electron chi connectivity index (χ1n) is 5.34. The molecule has 1 N–H and O–H groups in total. The average Bonchev–Trinajstić information content (AvgIpc) is 2.71. The van der Waals surface area contributed by atoms with E-state index in [1.54, 1.807) is 24.3 Å². The Morgan fingerprint density at radius 3 is 2.59 bits per heavy atom. The number of hydrogen-bond donors (Lipinski definition) is 1. The lowest BCUT2D eigenvalue weighted by molar-refractivity contribution is 0.0697. The summed E-state index contributed by atoms with van der Waals surface area (Å²) in [5.74, 6) is -0.931. The van der Waals surface area contributed by atoms with E-state index in [1.165, 1.54) is 0 Å². The van der Waals surface area contributed by atoms with Crippen molar-refractivity contribution in [2.75, 3.05) is 4.90 Å². The SMILES string of the molecule is CC1CC(C#N)=CN1c1ccc(C(=O)O)cc1. The van der Waals surface area contributed by atoms with Crippen LogP contribution in [0.1, 0.15) is 23.7 Å². The Morgan fingerprint density at radius 2 is 2.12 bits per heavy atom. The lowest BCUT2D eigenvalue weighted by Gasteiger charge is -2.22. The summed E-state index contributed by atoms with van der Waals surface area (Å²) < 4.78 is 0. The lowest BCUT2D eigenvalue weighted by atomic mass is 10.1. The minimum atomic E-state index is -0.931. The van der Waals surface area contributed by atoms with Gasteiger partial charge in [-0.2, -0.15) is 5.26 Å². The molecule has 0 fully saturated rings. The van der Waals surface area contributed by atoms with Gasteiger partial charge in [-0.1, -0.05) is 0 Å². The van der Waals surface area contributed by atoms with Crippen LogP contribution in [0.5, 0.6) is 0 Å². The topological polar surface area (TPSA) is 64.3 Å². The normalized spacial score (nSPS) is 18.7. The van der Waals surface area contributed by atoms with Crippen molar-refractivity contribution in [1.82, 2.24) is 0 Å². The third-order valence-electron chi connectivity index (χ3n) is 2.84. The number of nitrogens with zero attached hydrogens (tertiary/aromatic N) is 2. The summed E-state index contributed by atoms with van der Waals surface area (Å²) in [4.78, 5) is 12.7. The molecule has 17 heavy (non-hydrogen) atoms. The number of anilines is 1. The highest BCUT2D eigenvalue weighted by molar-refractivity contribution is 5.88. The van der Waals surface area contributed by atoms with Crippen LogP contribution in [0.15, 0.2) is 36.0 Å². The third kappa shape index (κ3) is 2.13. The number of benzene rings is 1. The molecule has 0 aromatic heterocycles. The van der Waals surface area contributed by atoms with Gasteiger partial charge in [-0.3, -0.25) is 0 Å². The van der Waals surface area contributed by atoms with E-state index in [0.717, 1.165) is 17.7 Å². The number of carbonyl (C=O) groups is 1. The average molecular weight is 228 g/mol. The van der Waals surface area contributed by atoms with Gasteiger partial charge in [-0.15, -0.1) is 0 Å². The number of aromatic carboxylic acids is 1. The van der Waals surface area contributed by atoms with E-state index in [-0.39, 0.29) is 11.6 Å². The van der Waals surface area contributed by atoms with Crippen molar-refractivity contribution in [2.45, 2.75) is 19.4 Å². The summed E-state index contributed by atoms with van der Waals surface area (Å²) in [5, 5.41) is 17.6. The largest absolute Gasteiger partial charge is 0.478 e. The van der Waals surface area contributed by atoms with E-state index in [9.17, 15) is 4.79 Å². The Kier molecular flexibility index (Phi) is 2.84. The van der Waals surface area contributed by atoms with Crippen LogP contribution in [0.2, 0.25) is 0 Å². The molecule has 1 heterocycles. The van der Waals surface area contributed by atoms with Crippen LogP contribution < -0.4 is 4.90 Å². The van der Waals surface area contributed by atoms with Crippen LogP contribution in [-0.2, 0) is 0 Å². The predicted molar refractivity (Wildman–Crippen MR) is 63.7 cm³/mol. The summed E-state index contributed by atoms with van der Waals surface area (Å²) in [5.41, 5.74) is 1.93. The van der Waals surface area contributed by atoms with Crippen LogP contribution in [-0.4, -0.2) is 17.1 Å². The smallest absolute Gasteiger partial charge is 0.335 e. The second kappa shape index (κ2) is 4.30. The molecule has 0 radical (unpaired) electrons. The first-order valence-corrected chi connectivity index (χ1v) is 5.34. The first-order chi connectivity index (χ1) is 8.11. The van der Waals surface area contributed by atoms with Crippen molar-refractivity contribution in [3.63, 3.8) is 0 Å². The van der Waals surface area contributed by atoms with E-state index in [0.29, 0.717) is 0 Å². The van der Waals surface area contributed by atoms with E-state index < -0.39 is 5.97 Å². The fourth-order valence-corrected chi connectivity index (χ4v) is 1.94. The zero-order valence-corrected chi connectivity index (χ0v) is 9.42. The molecular formula is C13H12N2O2. The van der Waals surface area contributed by atoms with E-state index >= 15 is 0 Å². The molecule has 0 amide bonds. The molecule has 0 bridgehead atoms. The molecule has 1 aromatic carbocycles. The summed E-state index contributed by atoms with van der Waals surface area (Å²) in [6, 6.07) is 9.05. The van der Waals surface area contributed by atoms with Gasteiger partial charge in [0.2, 0.25) is 0 Å². The molecule has 1 aliphatic heterocycles.